The molecule has 2 rings (SSSR count). The number of halogens is 2. The van der Waals surface area contributed by atoms with Gasteiger partial charge in [-0.05, 0) is 36.1 Å². The number of nitrogens with zero attached hydrogens (tertiary/aromatic N) is 1. The normalized spacial score (nSPS) is 17.3. The topological polar surface area (TPSA) is 40.5 Å². The molecule has 1 aromatic carbocycles. The summed E-state index contributed by atoms with van der Waals surface area (Å²) in [6.45, 7) is 3.20. The van der Waals surface area contributed by atoms with E-state index in [9.17, 15) is 9.90 Å². The van der Waals surface area contributed by atoms with Crippen molar-refractivity contribution in [2.24, 2.45) is 0 Å². The lowest BCUT2D eigenvalue weighted by Gasteiger charge is -2.33. The van der Waals surface area contributed by atoms with E-state index >= 15 is 0 Å². The number of fused-ring (bicyclic) bond motifs is 1. The maximum absolute atomic E-state index is 11.2. The molecule has 1 aromatic rings. The highest BCUT2D eigenvalue weighted by molar-refractivity contribution is 6.35. The molecule has 0 aromatic heterocycles. The van der Waals surface area contributed by atoms with Crippen molar-refractivity contribution in [3.8, 4) is 0 Å². The summed E-state index contributed by atoms with van der Waals surface area (Å²) in [6.07, 6.45) is 1.38. The van der Waals surface area contributed by atoms with Crippen LogP contribution < -0.4 is 0 Å². The number of carboxylic acid groups (broad SMARTS) is 1. The third kappa shape index (κ3) is 2.63. The molecule has 0 saturated heterocycles. The third-order valence-electron chi connectivity index (χ3n) is 3.39. The van der Waals surface area contributed by atoms with Gasteiger partial charge >= 0.3 is 5.97 Å². The van der Waals surface area contributed by atoms with E-state index in [0.717, 1.165) is 24.1 Å². The van der Waals surface area contributed by atoms with Gasteiger partial charge in [0, 0.05) is 23.1 Å². The molecule has 1 N–H and O–H groups in total. The summed E-state index contributed by atoms with van der Waals surface area (Å²) in [5.41, 5.74) is 2.14. The van der Waals surface area contributed by atoms with Crippen LogP contribution in [0.5, 0.6) is 0 Å². The Kier molecular flexibility index (Phi) is 4.15. The highest BCUT2D eigenvalue weighted by Gasteiger charge is 2.28. The van der Waals surface area contributed by atoms with Crippen LogP contribution in [-0.2, 0) is 17.8 Å². The Balaban J connectivity index is 2.27. The minimum absolute atomic E-state index is 0.440. The van der Waals surface area contributed by atoms with E-state index in [0.29, 0.717) is 23.0 Å². The van der Waals surface area contributed by atoms with Gasteiger partial charge in [0.2, 0.25) is 0 Å². The number of hydrogen-bond donors (Lipinski definition) is 1. The van der Waals surface area contributed by atoms with Crippen molar-refractivity contribution in [2.75, 3.05) is 6.54 Å². The first kappa shape index (κ1) is 13.7. The largest absolute Gasteiger partial charge is 0.480 e. The predicted octanol–water partition coefficient (Wildman–Crippen LogP) is 3.21. The molecule has 0 bridgehead atoms. The monoisotopic (exact) mass is 287 g/mol. The number of carbonyl (C=O) groups is 1. The molecule has 18 heavy (non-hydrogen) atoms. The Hall–Kier alpha value is -0.770. The van der Waals surface area contributed by atoms with Crippen LogP contribution in [0.25, 0.3) is 0 Å². The summed E-state index contributed by atoms with van der Waals surface area (Å²) < 4.78 is 0. The molecule has 0 amide bonds. The Morgan fingerprint density at radius 2 is 2.22 bits per heavy atom. The van der Waals surface area contributed by atoms with Crippen LogP contribution >= 0.6 is 23.2 Å². The minimum Gasteiger partial charge on any atom is -0.480 e. The van der Waals surface area contributed by atoms with Crippen molar-refractivity contribution < 1.29 is 9.90 Å². The molecule has 1 heterocycles. The molecular weight excluding hydrogens is 273 g/mol. The zero-order valence-electron chi connectivity index (χ0n) is 10.1. The second kappa shape index (κ2) is 5.47. The molecule has 0 saturated carbocycles. The first-order valence-electron chi connectivity index (χ1n) is 5.96. The molecule has 0 radical (unpaired) electrons. The van der Waals surface area contributed by atoms with Gasteiger partial charge in [0.1, 0.15) is 6.04 Å². The van der Waals surface area contributed by atoms with E-state index in [2.05, 4.69) is 0 Å². The van der Waals surface area contributed by atoms with Gasteiger partial charge in [0.25, 0.3) is 0 Å². The predicted molar refractivity (Wildman–Crippen MR) is 72.3 cm³/mol. The average Bonchev–Trinajstić information content (AvgIpc) is 2.30. The van der Waals surface area contributed by atoms with E-state index in [-0.39, 0.29) is 0 Å². The van der Waals surface area contributed by atoms with Gasteiger partial charge in [-0.2, -0.15) is 0 Å². The number of carboxylic acids is 1. The molecule has 1 aliphatic rings. The van der Waals surface area contributed by atoms with Gasteiger partial charge < -0.3 is 5.11 Å². The van der Waals surface area contributed by atoms with Crippen LogP contribution in [-0.4, -0.2) is 28.6 Å². The Morgan fingerprint density at radius 3 is 2.83 bits per heavy atom. The summed E-state index contributed by atoms with van der Waals surface area (Å²) >= 11 is 12.1. The van der Waals surface area contributed by atoms with Crippen LogP contribution in [0.15, 0.2) is 12.1 Å². The zero-order valence-corrected chi connectivity index (χ0v) is 11.6. The summed E-state index contributed by atoms with van der Waals surface area (Å²) in [4.78, 5) is 13.1. The Morgan fingerprint density at radius 1 is 1.50 bits per heavy atom. The number of rotatable bonds is 3. The quantitative estimate of drug-likeness (QED) is 0.928. The molecule has 0 spiro atoms. The first-order valence-corrected chi connectivity index (χ1v) is 6.72. The van der Waals surface area contributed by atoms with Gasteiger partial charge in [-0.25, -0.2) is 0 Å². The first-order chi connectivity index (χ1) is 8.52. The molecule has 0 aliphatic carbocycles. The van der Waals surface area contributed by atoms with Crippen LogP contribution in [0.1, 0.15) is 24.5 Å². The van der Waals surface area contributed by atoms with Crippen molar-refractivity contribution in [1.82, 2.24) is 4.90 Å². The standard InChI is InChI=1S/C13H15Cl2NO2/c1-2-12(13(17)18)16-4-3-8-5-9(14)6-11(15)10(8)7-16/h5-6,12H,2-4,7H2,1H3,(H,17,18). The molecule has 1 aliphatic heterocycles. The van der Waals surface area contributed by atoms with Crippen molar-refractivity contribution in [3.05, 3.63) is 33.3 Å². The third-order valence-corrected chi connectivity index (χ3v) is 3.95. The van der Waals surface area contributed by atoms with Gasteiger partial charge in [0.15, 0.2) is 0 Å². The molecule has 5 heteroatoms. The van der Waals surface area contributed by atoms with E-state index in [1.807, 2.05) is 17.9 Å². The summed E-state index contributed by atoms with van der Waals surface area (Å²) in [6, 6.07) is 3.19. The lowest BCUT2D eigenvalue weighted by Crippen LogP contribution is -2.43. The van der Waals surface area contributed by atoms with Crippen molar-refractivity contribution in [3.63, 3.8) is 0 Å². The van der Waals surface area contributed by atoms with Crippen molar-refractivity contribution in [2.45, 2.75) is 32.4 Å². The molecule has 1 unspecified atom stereocenters. The fourth-order valence-corrected chi connectivity index (χ4v) is 3.05. The van der Waals surface area contributed by atoms with Crippen LogP contribution in [0.4, 0.5) is 0 Å². The van der Waals surface area contributed by atoms with Crippen LogP contribution in [0.2, 0.25) is 10.0 Å². The highest BCUT2D eigenvalue weighted by atomic mass is 35.5. The summed E-state index contributed by atoms with van der Waals surface area (Å²) in [7, 11) is 0. The Bertz CT molecular complexity index is 476. The van der Waals surface area contributed by atoms with E-state index in [1.165, 1.54) is 0 Å². The number of aliphatic carboxylic acids is 1. The lowest BCUT2D eigenvalue weighted by atomic mass is 9.98. The van der Waals surface area contributed by atoms with Gasteiger partial charge in [0.05, 0.1) is 0 Å². The maximum atomic E-state index is 11.2. The number of benzene rings is 1. The average molecular weight is 288 g/mol. The van der Waals surface area contributed by atoms with E-state index < -0.39 is 12.0 Å². The Labute approximate surface area is 116 Å². The zero-order chi connectivity index (χ0) is 13.3. The second-order valence-electron chi connectivity index (χ2n) is 4.51. The lowest BCUT2D eigenvalue weighted by molar-refractivity contribution is -0.143. The summed E-state index contributed by atoms with van der Waals surface area (Å²) in [5.74, 6) is -0.772. The van der Waals surface area contributed by atoms with Crippen LogP contribution in [0, 0.1) is 0 Å². The maximum Gasteiger partial charge on any atom is 0.320 e. The van der Waals surface area contributed by atoms with Gasteiger partial charge in [-0.1, -0.05) is 30.1 Å². The molecule has 1 atom stereocenters. The summed E-state index contributed by atoms with van der Waals surface area (Å²) in [5, 5.41) is 10.5. The van der Waals surface area contributed by atoms with Crippen molar-refractivity contribution >= 4 is 29.2 Å². The smallest absolute Gasteiger partial charge is 0.320 e. The molecule has 98 valence electrons. The fraction of sp³-hybridized carbons (Fsp3) is 0.462. The van der Waals surface area contributed by atoms with Crippen LogP contribution in [0.3, 0.4) is 0 Å². The molecular formula is C13H15Cl2NO2. The molecule has 3 nitrogen and oxygen atoms in total. The van der Waals surface area contributed by atoms with E-state index in [1.54, 1.807) is 6.07 Å². The van der Waals surface area contributed by atoms with Crippen molar-refractivity contribution in [1.29, 1.82) is 0 Å². The number of hydrogen-bond acceptors (Lipinski definition) is 2. The molecule has 0 fully saturated rings. The minimum atomic E-state index is -0.772. The highest BCUT2D eigenvalue weighted by Crippen LogP contribution is 2.30. The van der Waals surface area contributed by atoms with Gasteiger partial charge in [-0.3, -0.25) is 9.69 Å². The fourth-order valence-electron chi connectivity index (χ4n) is 2.46. The van der Waals surface area contributed by atoms with E-state index in [4.69, 9.17) is 23.2 Å². The van der Waals surface area contributed by atoms with Gasteiger partial charge in [-0.15, -0.1) is 0 Å². The second-order valence-corrected chi connectivity index (χ2v) is 5.35. The SMILES string of the molecule is CCC(C(=O)O)N1CCc2cc(Cl)cc(Cl)c2C1.